The molecule has 0 spiro atoms. The smallest absolute Gasteiger partial charge is 0.323 e. The van der Waals surface area contributed by atoms with Crippen molar-refractivity contribution in [1.82, 2.24) is 0 Å². The highest BCUT2D eigenvalue weighted by molar-refractivity contribution is 6.00. The summed E-state index contributed by atoms with van der Waals surface area (Å²) in [7, 11) is 0. The van der Waals surface area contributed by atoms with Crippen LogP contribution in [0.25, 0.3) is 0 Å². The molecule has 1 fully saturated rings. The minimum absolute atomic E-state index is 0.306. The molecule has 0 saturated heterocycles. The van der Waals surface area contributed by atoms with Gasteiger partial charge < -0.3 is 9.47 Å². The lowest BCUT2D eigenvalue weighted by molar-refractivity contribution is -0.171. The van der Waals surface area contributed by atoms with Gasteiger partial charge in [-0.1, -0.05) is 12.8 Å². The van der Waals surface area contributed by atoms with Crippen LogP contribution in [0.15, 0.2) is 0 Å². The SMILES string of the molecule is CCOC(=O)C1(C(=O)OCC)CCCC1. The number of rotatable bonds is 4. The van der Waals surface area contributed by atoms with Crippen LogP contribution < -0.4 is 0 Å². The van der Waals surface area contributed by atoms with Crippen LogP contribution in [0.1, 0.15) is 39.5 Å². The molecular formula is C11H18O4. The molecule has 1 saturated carbocycles. The molecule has 0 aromatic rings. The Kier molecular flexibility index (Phi) is 4.12. The first-order valence-corrected chi connectivity index (χ1v) is 5.52. The maximum absolute atomic E-state index is 11.8. The van der Waals surface area contributed by atoms with Gasteiger partial charge in [-0.05, 0) is 26.7 Å². The first-order valence-electron chi connectivity index (χ1n) is 5.52. The Morgan fingerprint density at radius 2 is 1.40 bits per heavy atom. The van der Waals surface area contributed by atoms with Crippen molar-refractivity contribution in [2.24, 2.45) is 5.41 Å². The quantitative estimate of drug-likeness (QED) is 0.527. The van der Waals surface area contributed by atoms with Crippen LogP contribution in [0.3, 0.4) is 0 Å². The standard InChI is InChI=1S/C11H18O4/c1-3-14-9(12)11(7-5-6-8-11)10(13)15-4-2/h3-8H2,1-2H3. The van der Waals surface area contributed by atoms with Gasteiger partial charge in [-0.2, -0.15) is 0 Å². The van der Waals surface area contributed by atoms with E-state index in [4.69, 9.17) is 9.47 Å². The molecule has 1 rings (SSSR count). The van der Waals surface area contributed by atoms with E-state index in [1.807, 2.05) is 0 Å². The van der Waals surface area contributed by atoms with Crippen molar-refractivity contribution in [2.45, 2.75) is 39.5 Å². The molecule has 86 valence electrons. The largest absolute Gasteiger partial charge is 0.465 e. The molecule has 1 aliphatic carbocycles. The topological polar surface area (TPSA) is 52.6 Å². The van der Waals surface area contributed by atoms with Gasteiger partial charge in [0.05, 0.1) is 13.2 Å². The van der Waals surface area contributed by atoms with Gasteiger partial charge in [-0.15, -0.1) is 0 Å². The summed E-state index contributed by atoms with van der Waals surface area (Å²) in [5, 5.41) is 0. The van der Waals surface area contributed by atoms with Crippen molar-refractivity contribution in [2.75, 3.05) is 13.2 Å². The molecule has 0 aliphatic heterocycles. The second-order valence-corrected chi connectivity index (χ2v) is 3.73. The van der Waals surface area contributed by atoms with Gasteiger partial charge in [0.2, 0.25) is 0 Å². The molecule has 0 heterocycles. The second-order valence-electron chi connectivity index (χ2n) is 3.73. The number of esters is 2. The molecule has 0 aromatic heterocycles. The van der Waals surface area contributed by atoms with E-state index in [0.29, 0.717) is 26.1 Å². The highest BCUT2D eigenvalue weighted by Crippen LogP contribution is 2.40. The summed E-state index contributed by atoms with van der Waals surface area (Å²) in [6, 6.07) is 0. The van der Waals surface area contributed by atoms with E-state index in [1.165, 1.54) is 0 Å². The highest BCUT2D eigenvalue weighted by atomic mass is 16.6. The van der Waals surface area contributed by atoms with Crippen LogP contribution in [0.5, 0.6) is 0 Å². The predicted molar refractivity (Wildman–Crippen MR) is 54.2 cm³/mol. The van der Waals surface area contributed by atoms with E-state index in [9.17, 15) is 9.59 Å². The lowest BCUT2D eigenvalue weighted by atomic mass is 9.86. The normalized spacial score (nSPS) is 18.5. The monoisotopic (exact) mass is 214 g/mol. The molecule has 0 radical (unpaired) electrons. The third kappa shape index (κ3) is 2.30. The molecular weight excluding hydrogens is 196 g/mol. The Labute approximate surface area is 89.9 Å². The number of hydrogen-bond donors (Lipinski definition) is 0. The Hall–Kier alpha value is -1.06. The van der Waals surface area contributed by atoms with Crippen molar-refractivity contribution in [1.29, 1.82) is 0 Å². The minimum Gasteiger partial charge on any atom is -0.465 e. The molecule has 0 atom stereocenters. The summed E-state index contributed by atoms with van der Waals surface area (Å²) < 4.78 is 9.91. The van der Waals surface area contributed by atoms with Crippen LogP contribution >= 0.6 is 0 Å². The zero-order valence-corrected chi connectivity index (χ0v) is 9.38. The van der Waals surface area contributed by atoms with Crippen molar-refractivity contribution in [3.63, 3.8) is 0 Å². The Morgan fingerprint density at radius 3 is 1.73 bits per heavy atom. The number of carbonyl (C=O) groups is 2. The number of ether oxygens (including phenoxy) is 2. The fraction of sp³-hybridized carbons (Fsp3) is 0.818. The van der Waals surface area contributed by atoms with Crippen LogP contribution in [0, 0.1) is 5.41 Å². The Morgan fingerprint density at radius 1 is 1.00 bits per heavy atom. The summed E-state index contributed by atoms with van der Waals surface area (Å²) in [4.78, 5) is 23.5. The lowest BCUT2D eigenvalue weighted by Gasteiger charge is -2.23. The summed E-state index contributed by atoms with van der Waals surface area (Å²) in [6.07, 6.45) is 2.89. The molecule has 1 aliphatic rings. The molecule has 4 nitrogen and oxygen atoms in total. The second kappa shape index (κ2) is 5.14. The summed E-state index contributed by atoms with van der Waals surface area (Å²) in [5.74, 6) is -0.832. The van der Waals surface area contributed by atoms with Crippen molar-refractivity contribution in [3.8, 4) is 0 Å². The summed E-state index contributed by atoms with van der Waals surface area (Å²) >= 11 is 0. The average molecular weight is 214 g/mol. The lowest BCUT2D eigenvalue weighted by Crippen LogP contribution is -2.39. The molecule has 0 unspecified atom stereocenters. The number of carbonyl (C=O) groups excluding carboxylic acids is 2. The minimum atomic E-state index is -1.01. The average Bonchev–Trinajstić information content (AvgIpc) is 2.68. The van der Waals surface area contributed by atoms with Crippen LogP contribution in [-0.4, -0.2) is 25.2 Å². The number of hydrogen-bond acceptors (Lipinski definition) is 4. The molecule has 0 N–H and O–H groups in total. The van der Waals surface area contributed by atoms with Gasteiger partial charge in [0.1, 0.15) is 0 Å². The van der Waals surface area contributed by atoms with Crippen LogP contribution in [-0.2, 0) is 19.1 Å². The van der Waals surface area contributed by atoms with Crippen molar-refractivity contribution in [3.05, 3.63) is 0 Å². The third-order valence-corrected chi connectivity index (χ3v) is 2.79. The van der Waals surface area contributed by atoms with Gasteiger partial charge in [-0.3, -0.25) is 9.59 Å². The van der Waals surface area contributed by atoms with Gasteiger partial charge in [-0.25, -0.2) is 0 Å². The van der Waals surface area contributed by atoms with Gasteiger partial charge in [0.15, 0.2) is 5.41 Å². The molecule has 0 amide bonds. The fourth-order valence-corrected chi connectivity index (χ4v) is 2.01. The van der Waals surface area contributed by atoms with Crippen molar-refractivity contribution >= 4 is 11.9 Å². The third-order valence-electron chi connectivity index (χ3n) is 2.79. The van der Waals surface area contributed by atoms with Crippen molar-refractivity contribution < 1.29 is 19.1 Å². The highest BCUT2D eigenvalue weighted by Gasteiger charge is 2.50. The summed E-state index contributed by atoms with van der Waals surface area (Å²) in [6.45, 7) is 4.09. The predicted octanol–water partition coefficient (Wildman–Crippen LogP) is 1.67. The van der Waals surface area contributed by atoms with E-state index < -0.39 is 17.4 Å². The maximum atomic E-state index is 11.8. The maximum Gasteiger partial charge on any atom is 0.323 e. The molecule has 0 aromatic carbocycles. The van der Waals surface area contributed by atoms with E-state index >= 15 is 0 Å². The van der Waals surface area contributed by atoms with Gasteiger partial charge in [0.25, 0.3) is 0 Å². The Bertz CT molecular complexity index is 221. The molecule has 15 heavy (non-hydrogen) atoms. The van der Waals surface area contributed by atoms with Crippen LogP contribution in [0.4, 0.5) is 0 Å². The zero-order valence-electron chi connectivity index (χ0n) is 9.38. The van der Waals surface area contributed by atoms with E-state index in [1.54, 1.807) is 13.8 Å². The summed E-state index contributed by atoms with van der Waals surface area (Å²) in [5.41, 5.74) is -1.01. The first-order chi connectivity index (χ1) is 7.17. The van der Waals surface area contributed by atoms with Crippen LogP contribution in [0.2, 0.25) is 0 Å². The zero-order chi connectivity index (χ0) is 11.3. The van der Waals surface area contributed by atoms with E-state index in [2.05, 4.69) is 0 Å². The molecule has 0 bridgehead atoms. The molecule has 4 heteroatoms. The van der Waals surface area contributed by atoms with E-state index in [-0.39, 0.29) is 0 Å². The Balaban J connectivity index is 2.78. The van der Waals surface area contributed by atoms with Gasteiger partial charge >= 0.3 is 11.9 Å². The van der Waals surface area contributed by atoms with Gasteiger partial charge in [0, 0.05) is 0 Å². The first kappa shape index (κ1) is 12.0. The fourth-order valence-electron chi connectivity index (χ4n) is 2.01. The van der Waals surface area contributed by atoms with E-state index in [0.717, 1.165) is 12.8 Å².